The molecule has 1 aliphatic rings. The van der Waals surface area contributed by atoms with E-state index in [0.29, 0.717) is 6.61 Å². The van der Waals surface area contributed by atoms with Crippen molar-refractivity contribution in [3.63, 3.8) is 0 Å². The molecule has 1 fully saturated rings. The Labute approximate surface area is 142 Å². The smallest absolute Gasteiger partial charge is 0.309 e. The highest BCUT2D eigenvalue weighted by Gasteiger charge is 2.44. The van der Waals surface area contributed by atoms with Crippen molar-refractivity contribution in [2.45, 2.75) is 37.6 Å². The summed E-state index contributed by atoms with van der Waals surface area (Å²) in [6.07, 6.45) is 2.09. The molecule has 0 aliphatic carbocycles. The van der Waals surface area contributed by atoms with Crippen LogP contribution in [0.4, 0.5) is 0 Å². The van der Waals surface area contributed by atoms with E-state index >= 15 is 0 Å². The average Bonchev–Trinajstić information content (AvgIpc) is 2.97. The van der Waals surface area contributed by atoms with Crippen LogP contribution in [0, 0.1) is 0 Å². The highest BCUT2D eigenvalue weighted by atomic mass is 16.7. The van der Waals surface area contributed by atoms with E-state index in [1.54, 1.807) is 26.4 Å². The molecule has 2 rings (SSSR count). The Morgan fingerprint density at radius 3 is 2.46 bits per heavy atom. The number of carbonyl (C=O) groups excluding carboxylic acids is 1. The van der Waals surface area contributed by atoms with Gasteiger partial charge in [-0.05, 0) is 5.56 Å². The number of rotatable bonds is 8. The monoisotopic (exact) mass is 336 g/mol. The van der Waals surface area contributed by atoms with Crippen LogP contribution in [0.25, 0.3) is 0 Å². The molecule has 24 heavy (non-hydrogen) atoms. The molecule has 1 heterocycles. The van der Waals surface area contributed by atoms with Crippen LogP contribution in [-0.4, -0.2) is 51.9 Å². The van der Waals surface area contributed by atoms with Crippen LogP contribution >= 0.6 is 0 Å². The molecule has 1 aromatic rings. The molecule has 0 spiro atoms. The van der Waals surface area contributed by atoms with Crippen molar-refractivity contribution >= 4 is 5.97 Å². The molecule has 6 heteroatoms. The molecule has 1 saturated heterocycles. The van der Waals surface area contributed by atoms with Crippen molar-refractivity contribution < 1.29 is 28.5 Å². The fourth-order valence-corrected chi connectivity index (χ4v) is 2.59. The van der Waals surface area contributed by atoms with Crippen LogP contribution in [-0.2, 0) is 35.1 Å². The van der Waals surface area contributed by atoms with Gasteiger partial charge in [0.05, 0.1) is 20.1 Å². The zero-order valence-corrected chi connectivity index (χ0v) is 14.2. The minimum atomic E-state index is -0.548. The molecule has 1 aromatic carbocycles. The van der Waals surface area contributed by atoms with Gasteiger partial charge in [-0.1, -0.05) is 42.5 Å². The fraction of sp³-hybridized carbons (Fsp3) is 0.500. The molecule has 1 unspecified atom stereocenters. The summed E-state index contributed by atoms with van der Waals surface area (Å²) in [5.41, 5.74) is 1.05. The summed E-state index contributed by atoms with van der Waals surface area (Å²) in [4.78, 5) is 11.2. The third-order valence-electron chi connectivity index (χ3n) is 3.85. The second-order valence-electron chi connectivity index (χ2n) is 5.37. The molecule has 0 saturated carbocycles. The van der Waals surface area contributed by atoms with Crippen molar-refractivity contribution in [3.05, 3.63) is 48.0 Å². The molecule has 0 aromatic heterocycles. The van der Waals surface area contributed by atoms with E-state index in [1.165, 1.54) is 7.11 Å². The van der Waals surface area contributed by atoms with E-state index in [-0.39, 0.29) is 30.7 Å². The number of esters is 1. The van der Waals surface area contributed by atoms with E-state index in [2.05, 4.69) is 4.74 Å². The summed E-state index contributed by atoms with van der Waals surface area (Å²) in [5.74, 6) is -0.307. The first-order valence-electron chi connectivity index (χ1n) is 7.79. The third kappa shape index (κ3) is 4.88. The Bertz CT molecular complexity index is 530. The summed E-state index contributed by atoms with van der Waals surface area (Å²) in [6, 6.07) is 9.84. The summed E-state index contributed by atoms with van der Waals surface area (Å²) in [6.45, 7) is 0.417. The number of benzene rings is 1. The number of methoxy groups -OCH3 is 3. The molecule has 0 amide bonds. The lowest BCUT2D eigenvalue weighted by atomic mass is 10.1. The minimum absolute atomic E-state index is 0.181. The van der Waals surface area contributed by atoms with Crippen LogP contribution in [0.3, 0.4) is 0 Å². The molecule has 132 valence electrons. The molecule has 0 radical (unpaired) electrons. The lowest BCUT2D eigenvalue weighted by Gasteiger charge is -2.20. The van der Waals surface area contributed by atoms with Crippen molar-refractivity contribution in [2.24, 2.45) is 0 Å². The summed E-state index contributed by atoms with van der Waals surface area (Å²) in [5, 5.41) is 0. The van der Waals surface area contributed by atoms with E-state index in [4.69, 9.17) is 18.9 Å². The molecule has 0 bridgehead atoms. The number of ether oxygens (including phenoxy) is 5. The average molecular weight is 336 g/mol. The van der Waals surface area contributed by atoms with Crippen LogP contribution in [0.15, 0.2) is 42.5 Å². The highest BCUT2D eigenvalue weighted by molar-refractivity contribution is 5.70. The van der Waals surface area contributed by atoms with Gasteiger partial charge in [-0.15, -0.1) is 0 Å². The van der Waals surface area contributed by atoms with Gasteiger partial charge < -0.3 is 23.7 Å². The Morgan fingerprint density at radius 2 is 1.83 bits per heavy atom. The molecule has 0 N–H and O–H groups in total. The maximum atomic E-state index is 11.2. The first-order chi connectivity index (χ1) is 11.7. The first kappa shape index (κ1) is 18.6. The number of hydrogen-bond donors (Lipinski definition) is 0. The minimum Gasteiger partial charge on any atom is -0.469 e. The highest BCUT2D eigenvalue weighted by Crippen LogP contribution is 2.28. The zero-order chi connectivity index (χ0) is 17.4. The largest absolute Gasteiger partial charge is 0.469 e. The molecule has 1 aliphatic heterocycles. The Morgan fingerprint density at radius 1 is 1.12 bits per heavy atom. The topological polar surface area (TPSA) is 63.2 Å². The van der Waals surface area contributed by atoms with Gasteiger partial charge in [0, 0.05) is 14.2 Å². The van der Waals surface area contributed by atoms with Gasteiger partial charge in [0.15, 0.2) is 6.29 Å². The molecule has 4 atom stereocenters. The van der Waals surface area contributed by atoms with E-state index in [1.807, 2.05) is 30.3 Å². The van der Waals surface area contributed by atoms with Gasteiger partial charge in [0.25, 0.3) is 0 Å². The van der Waals surface area contributed by atoms with Crippen LogP contribution < -0.4 is 0 Å². The summed E-state index contributed by atoms with van der Waals surface area (Å²) >= 11 is 0. The number of carbonyl (C=O) groups is 1. The zero-order valence-electron chi connectivity index (χ0n) is 14.2. The SMILES string of the molecule is COC(=O)CC=C[C@H]1O[C@H](OCc2ccccc2)C(OC)[C@@H]1OC. The first-order valence-corrected chi connectivity index (χ1v) is 7.79. The van der Waals surface area contributed by atoms with E-state index in [0.717, 1.165) is 5.56 Å². The van der Waals surface area contributed by atoms with Gasteiger partial charge in [-0.25, -0.2) is 0 Å². The standard InChI is InChI=1S/C18H24O6/c1-20-15(19)11-7-10-14-16(21-2)17(22-3)18(24-14)23-12-13-8-5-4-6-9-13/h4-10,14,16-18H,11-12H2,1-3H3/t14-,16-,17?,18+/m1/s1. The normalized spacial score (nSPS) is 26.8. The van der Waals surface area contributed by atoms with Gasteiger partial charge >= 0.3 is 5.97 Å². The predicted octanol–water partition coefficient (Wildman–Crippen LogP) is 2.08. The Balaban J connectivity index is 1.97. The second-order valence-corrected chi connectivity index (χ2v) is 5.37. The lowest BCUT2D eigenvalue weighted by Crippen LogP contribution is -2.36. The Kier molecular flexibility index (Phi) is 7.39. The molecular formula is C18H24O6. The van der Waals surface area contributed by atoms with Crippen molar-refractivity contribution in [1.29, 1.82) is 0 Å². The lowest BCUT2D eigenvalue weighted by molar-refractivity contribution is -0.173. The van der Waals surface area contributed by atoms with Gasteiger partial charge in [0.2, 0.25) is 0 Å². The van der Waals surface area contributed by atoms with Gasteiger partial charge in [0.1, 0.15) is 18.3 Å². The third-order valence-corrected chi connectivity index (χ3v) is 3.85. The summed E-state index contributed by atoms with van der Waals surface area (Å²) < 4.78 is 27.3. The maximum absolute atomic E-state index is 11.2. The van der Waals surface area contributed by atoms with Gasteiger partial charge in [-0.2, -0.15) is 0 Å². The summed E-state index contributed by atoms with van der Waals surface area (Å²) in [7, 11) is 4.55. The van der Waals surface area contributed by atoms with Crippen molar-refractivity contribution in [1.82, 2.24) is 0 Å². The van der Waals surface area contributed by atoms with E-state index in [9.17, 15) is 4.79 Å². The predicted molar refractivity (Wildman–Crippen MR) is 87.3 cm³/mol. The quantitative estimate of drug-likeness (QED) is 0.535. The molecule has 6 nitrogen and oxygen atoms in total. The second kappa shape index (κ2) is 9.54. The van der Waals surface area contributed by atoms with Gasteiger partial charge in [-0.3, -0.25) is 4.79 Å². The molecular weight excluding hydrogens is 312 g/mol. The fourth-order valence-electron chi connectivity index (χ4n) is 2.59. The van der Waals surface area contributed by atoms with Crippen molar-refractivity contribution in [2.75, 3.05) is 21.3 Å². The number of hydrogen-bond acceptors (Lipinski definition) is 6. The maximum Gasteiger partial charge on any atom is 0.309 e. The Hall–Kier alpha value is -1.73. The van der Waals surface area contributed by atoms with Crippen LogP contribution in [0.2, 0.25) is 0 Å². The van der Waals surface area contributed by atoms with Crippen molar-refractivity contribution in [3.8, 4) is 0 Å². The van der Waals surface area contributed by atoms with Crippen LogP contribution in [0.1, 0.15) is 12.0 Å². The van der Waals surface area contributed by atoms with E-state index < -0.39 is 6.29 Å². The van der Waals surface area contributed by atoms with Crippen LogP contribution in [0.5, 0.6) is 0 Å².